The first kappa shape index (κ1) is 11.5. The van der Waals surface area contributed by atoms with Crippen LogP contribution >= 0.6 is 0 Å². The molecule has 1 aromatic carbocycles. The van der Waals surface area contributed by atoms with E-state index in [4.69, 9.17) is 0 Å². The first-order valence-electron chi connectivity index (χ1n) is 5.53. The molecule has 2 rings (SSSR count). The van der Waals surface area contributed by atoms with Crippen molar-refractivity contribution in [3.8, 4) is 0 Å². The van der Waals surface area contributed by atoms with Crippen LogP contribution in [0.2, 0.25) is 0 Å². The molecule has 0 spiro atoms. The first-order chi connectivity index (χ1) is 8.06. The van der Waals surface area contributed by atoms with E-state index in [9.17, 15) is 10.1 Å². The quantitative estimate of drug-likeness (QED) is 0.577. The summed E-state index contributed by atoms with van der Waals surface area (Å²) in [7, 11) is 0. The van der Waals surface area contributed by atoms with E-state index >= 15 is 0 Å². The van der Waals surface area contributed by atoms with E-state index in [0.29, 0.717) is 0 Å². The molecule has 0 aromatic heterocycles. The van der Waals surface area contributed by atoms with Gasteiger partial charge < -0.3 is 0 Å². The Labute approximate surface area is 99.8 Å². The van der Waals surface area contributed by atoms with Gasteiger partial charge in [-0.15, -0.1) is 0 Å². The van der Waals surface area contributed by atoms with E-state index in [1.54, 1.807) is 12.1 Å². The van der Waals surface area contributed by atoms with Crippen molar-refractivity contribution in [2.24, 2.45) is 4.99 Å². The van der Waals surface area contributed by atoms with Gasteiger partial charge in [-0.05, 0) is 25.8 Å². The summed E-state index contributed by atoms with van der Waals surface area (Å²) in [5.41, 5.74) is 3.17. The van der Waals surface area contributed by atoms with Gasteiger partial charge in [0, 0.05) is 29.5 Å². The fourth-order valence-electron chi connectivity index (χ4n) is 2.14. The van der Waals surface area contributed by atoms with Crippen LogP contribution in [0.4, 0.5) is 5.69 Å². The molecule has 0 fully saturated rings. The Hall–Kier alpha value is -1.97. The van der Waals surface area contributed by atoms with Crippen molar-refractivity contribution in [3.05, 3.63) is 51.7 Å². The van der Waals surface area contributed by atoms with Crippen molar-refractivity contribution < 1.29 is 4.92 Å². The molecule has 1 aliphatic rings. The zero-order valence-electron chi connectivity index (χ0n) is 9.88. The second kappa shape index (κ2) is 4.49. The third-order valence-corrected chi connectivity index (χ3v) is 2.83. The van der Waals surface area contributed by atoms with Crippen LogP contribution in [-0.4, -0.2) is 10.6 Å². The van der Waals surface area contributed by atoms with Crippen LogP contribution in [0.3, 0.4) is 0 Å². The van der Waals surface area contributed by atoms with E-state index in [1.165, 1.54) is 6.07 Å². The van der Waals surface area contributed by atoms with Crippen molar-refractivity contribution in [2.45, 2.75) is 26.2 Å². The normalized spacial score (nSPS) is 19.5. The Kier molecular flexibility index (Phi) is 3.04. The molecule has 1 unspecified atom stereocenters. The van der Waals surface area contributed by atoms with Crippen molar-refractivity contribution in [1.82, 2.24) is 0 Å². The maximum atomic E-state index is 10.7. The highest BCUT2D eigenvalue weighted by molar-refractivity contribution is 5.85. The lowest BCUT2D eigenvalue weighted by molar-refractivity contribution is -0.384. The molecular formula is C13H14N2O2. The molecule has 0 saturated carbocycles. The molecule has 1 aliphatic heterocycles. The summed E-state index contributed by atoms with van der Waals surface area (Å²) in [5, 5.41) is 10.7. The molecule has 0 bridgehead atoms. The average Bonchev–Trinajstić information content (AvgIpc) is 2.28. The summed E-state index contributed by atoms with van der Waals surface area (Å²) < 4.78 is 0. The second-order valence-corrected chi connectivity index (χ2v) is 4.32. The maximum absolute atomic E-state index is 10.7. The molecule has 4 heteroatoms. The lowest BCUT2D eigenvalue weighted by atomic mass is 9.91. The first-order valence-corrected chi connectivity index (χ1v) is 5.53. The number of nitro benzene ring substituents is 1. The molecule has 0 aliphatic carbocycles. The van der Waals surface area contributed by atoms with Crippen LogP contribution in [0.1, 0.15) is 31.7 Å². The summed E-state index contributed by atoms with van der Waals surface area (Å²) in [6, 6.07) is 6.83. The highest BCUT2D eigenvalue weighted by atomic mass is 16.6. The number of hydrogen-bond donors (Lipinski definition) is 0. The topological polar surface area (TPSA) is 55.5 Å². The smallest absolute Gasteiger partial charge is 0.263 e. The summed E-state index contributed by atoms with van der Waals surface area (Å²) in [6.45, 7) is 3.94. The predicted octanol–water partition coefficient (Wildman–Crippen LogP) is 3.45. The summed E-state index contributed by atoms with van der Waals surface area (Å²) in [5.74, 6) is 0.201. The fraction of sp³-hybridized carbons (Fsp3) is 0.308. The number of rotatable bonds is 2. The Morgan fingerprint density at radius 1 is 1.41 bits per heavy atom. The molecule has 17 heavy (non-hydrogen) atoms. The zero-order chi connectivity index (χ0) is 12.4. The Balaban J connectivity index is 2.33. The monoisotopic (exact) mass is 230 g/mol. The van der Waals surface area contributed by atoms with Gasteiger partial charge in [-0.1, -0.05) is 18.2 Å². The van der Waals surface area contributed by atoms with Crippen LogP contribution < -0.4 is 0 Å². The Bertz CT molecular complexity index is 518. The molecule has 88 valence electrons. The molecule has 0 N–H and O–H groups in total. The molecule has 0 radical (unpaired) electrons. The minimum absolute atomic E-state index is 0.147. The van der Waals surface area contributed by atoms with Crippen molar-refractivity contribution in [1.29, 1.82) is 0 Å². The molecule has 4 nitrogen and oxygen atoms in total. The van der Waals surface area contributed by atoms with E-state index in [-0.39, 0.29) is 16.5 Å². The number of nitro groups is 1. The van der Waals surface area contributed by atoms with E-state index < -0.39 is 0 Å². The van der Waals surface area contributed by atoms with Gasteiger partial charge in [-0.25, -0.2) is 0 Å². The van der Waals surface area contributed by atoms with Gasteiger partial charge >= 0.3 is 0 Å². The molecular weight excluding hydrogens is 216 g/mol. The Morgan fingerprint density at radius 2 is 2.18 bits per heavy atom. The molecule has 1 heterocycles. The number of aliphatic imine (C=N–C) groups is 1. The number of hydrogen-bond acceptors (Lipinski definition) is 3. The van der Waals surface area contributed by atoms with Gasteiger partial charge in [0.15, 0.2) is 0 Å². The van der Waals surface area contributed by atoms with E-state index in [0.717, 1.165) is 23.4 Å². The second-order valence-electron chi connectivity index (χ2n) is 4.32. The highest BCUT2D eigenvalue weighted by Gasteiger charge is 2.17. The van der Waals surface area contributed by atoms with Crippen molar-refractivity contribution in [2.75, 3.05) is 0 Å². The number of non-ortho nitro benzene ring substituents is 1. The standard InChI is InChI=1S/C13H14N2O2/c1-9-6-12(7-10(2)14-9)11-4-3-5-13(8-11)15(16)17/h3-6,8,12H,7H2,1-2H3. The Morgan fingerprint density at radius 3 is 2.82 bits per heavy atom. The predicted molar refractivity (Wildman–Crippen MR) is 67.3 cm³/mol. The van der Waals surface area contributed by atoms with Gasteiger partial charge in [0.2, 0.25) is 0 Å². The number of allylic oxidation sites excluding steroid dienone is 2. The SMILES string of the molecule is CC1=CC(c2cccc([N+](=O)[O-])c2)CC(C)=N1. The highest BCUT2D eigenvalue weighted by Crippen LogP contribution is 2.29. The van der Waals surface area contributed by atoms with Crippen molar-refractivity contribution in [3.63, 3.8) is 0 Å². The van der Waals surface area contributed by atoms with Crippen LogP contribution in [0, 0.1) is 10.1 Å². The lowest BCUT2D eigenvalue weighted by Gasteiger charge is -2.18. The minimum atomic E-state index is -0.357. The van der Waals surface area contributed by atoms with Crippen LogP contribution in [0.5, 0.6) is 0 Å². The third-order valence-electron chi connectivity index (χ3n) is 2.83. The zero-order valence-corrected chi connectivity index (χ0v) is 9.88. The van der Waals surface area contributed by atoms with Gasteiger partial charge in [-0.2, -0.15) is 0 Å². The molecule has 1 atom stereocenters. The van der Waals surface area contributed by atoms with Crippen molar-refractivity contribution >= 4 is 11.4 Å². The van der Waals surface area contributed by atoms with Crippen LogP contribution in [0.25, 0.3) is 0 Å². The molecule has 1 aromatic rings. The minimum Gasteiger partial charge on any atom is -0.263 e. The number of nitrogens with zero attached hydrogens (tertiary/aromatic N) is 2. The number of benzene rings is 1. The van der Waals surface area contributed by atoms with Crippen LogP contribution in [-0.2, 0) is 0 Å². The third kappa shape index (κ3) is 2.58. The average molecular weight is 230 g/mol. The fourth-order valence-corrected chi connectivity index (χ4v) is 2.14. The summed E-state index contributed by atoms with van der Waals surface area (Å²) in [6.07, 6.45) is 2.89. The van der Waals surface area contributed by atoms with Crippen LogP contribution in [0.15, 0.2) is 41.0 Å². The summed E-state index contributed by atoms with van der Waals surface area (Å²) >= 11 is 0. The lowest BCUT2D eigenvalue weighted by Crippen LogP contribution is -2.07. The van der Waals surface area contributed by atoms with E-state index in [1.807, 2.05) is 19.9 Å². The van der Waals surface area contributed by atoms with E-state index in [2.05, 4.69) is 11.1 Å². The largest absolute Gasteiger partial charge is 0.269 e. The maximum Gasteiger partial charge on any atom is 0.269 e. The van der Waals surface area contributed by atoms with Gasteiger partial charge in [0.05, 0.1) is 4.92 Å². The molecule has 0 amide bonds. The van der Waals surface area contributed by atoms with Gasteiger partial charge in [0.25, 0.3) is 5.69 Å². The van der Waals surface area contributed by atoms with Gasteiger partial charge in [-0.3, -0.25) is 15.1 Å². The van der Waals surface area contributed by atoms with Gasteiger partial charge in [0.1, 0.15) is 0 Å². The summed E-state index contributed by atoms with van der Waals surface area (Å²) in [4.78, 5) is 14.7. The molecule has 0 saturated heterocycles.